The molecule has 0 saturated carbocycles. The van der Waals surface area contributed by atoms with Crippen LogP contribution in [0, 0.1) is 5.92 Å². The highest BCUT2D eigenvalue weighted by molar-refractivity contribution is 7.89. The molecule has 1 atom stereocenters. The van der Waals surface area contributed by atoms with Crippen LogP contribution in [0.15, 0.2) is 47.4 Å². The number of nitrogens with zero attached hydrogens (tertiary/aromatic N) is 2. The van der Waals surface area contributed by atoms with E-state index in [1.165, 1.54) is 28.4 Å². The largest absolute Gasteiger partial charge is 0.495 e. The molecule has 2 aromatic carbocycles. The van der Waals surface area contributed by atoms with Crippen LogP contribution < -0.4 is 15.0 Å². The van der Waals surface area contributed by atoms with Crippen molar-refractivity contribution >= 4 is 44.8 Å². The fourth-order valence-corrected chi connectivity index (χ4v) is 5.68. The molecular formula is C22H24ClN3O6S. The number of benzene rings is 2. The molecule has 2 saturated heterocycles. The van der Waals surface area contributed by atoms with E-state index in [9.17, 15) is 18.0 Å². The van der Waals surface area contributed by atoms with E-state index >= 15 is 0 Å². The molecule has 2 amide bonds. The molecule has 4 rings (SSSR count). The lowest BCUT2D eigenvalue weighted by Crippen LogP contribution is -2.40. The molecule has 9 nitrogen and oxygen atoms in total. The van der Waals surface area contributed by atoms with Crippen molar-refractivity contribution in [2.75, 3.05) is 50.2 Å². The molecule has 2 heterocycles. The molecule has 0 aromatic heterocycles. The zero-order valence-electron chi connectivity index (χ0n) is 18.0. The average Bonchev–Trinajstić information content (AvgIpc) is 3.21. The minimum Gasteiger partial charge on any atom is -0.495 e. The van der Waals surface area contributed by atoms with Gasteiger partial charge in [-0.15, -0.1) is 0 Å². The van der Waals surface area contributed by atoms with Crippen LogP contribution in [-0.4, -0.2) is 64.5 Å². The van der Waals surface area contributed by atoms with Crippen LogP contribution in [0.25, 0.3) is 0 Å². The number of methoxy groups -OCH3 is 1. The highest BCUT2D eigenvalue weighted by Gasteiger charge is 2.36. The normalized spacial score (nSPS) is 19.5. The summed E-state index contributed by atoms with van der Waals surface area (Å²) >= 11 is 6.02. The Morgan fingerprint density at radius 3 is 2.64 bits per heavy atom. The zero-order valence-corrected chi connectivity index (χ0v) is 19.6. The van der Waals surface area contributed by atoms with E-state index in [2.05, 4.69) is 5.32 Å². The van der Waals surface area contributed by atoms with E-state index < -0.39 is 15.9 Å². The fourth-order valence-electron chi connectivity index (χ4n) is 3.90. The van der Waals surface area contributed by atoms with Gasteiger partial charge in [0, 0.05) is 42.5 Å². The van der Waals surface area contributed by atoms with Crippen molar-refractivity contribution in [1.29, 1.82) is 0 Å². The average molecular weight is 494 g/mol. The first-order chi connectivity index (χ1) is 15.8. The second-order valence-electron chi connectivity index (χ2n) is 7.76. The summed E-state index contributed by atoms with van der Waals surface area (Å²) in [5, 5.41) is 3.25. The summed E-state index contributed by atoms with van der Waals surface area (Å²) in [6, 6.07) is 11.3. The van der Waals surface area contributed by atoms with Crippen LogP contribution in [0.2, 0.25) is 5.02 Å². The van der Waals surface area contributed by atoms with Gasteiger partial charge in [-0.2, -0.15) is 4.31 Å². The SMILES string of the molecule is COc1ccc(NC(=O)C2CC(=O)N(c3cccc(Cl)c3)C2)cc1S(=O)(=O)N1CCOCC1. The van der Waals surface area contributed by atoms with Crippen LogP contribution >= 0.6 is 11.6 Å². The van der Waals surface area contributed by atoms with Gasteiger partial charge >= 0.3 is 0 Å². The Bertz CT molecular complexity index is 1170. The van der Waals surface area contributed by atoms with E-state index in [4.69, 9.17) is 21.1 Å². The second-order valence-corrected chi connectivity index (χ2v) is 10.1. The van der Waals surface area contributed by atoms with Crippen LogP contribution in [0.4, 0.5) is 11.4 Å². The van der Waals surface area contributed by atoms with E-state index in [0.717, 1.165) is 0 Å². The summed E-state index contributed by atoms with van der Waals surface area (Å²) in [4.78, 5) is 26.9. The molecule has 1 unspecified atom stereocenters. The van der Waals surface area contributed by atoms with Gasteiger partial charge in [0.2, 0.25) is 21.8 Å². The number of carbonyl (C=O) groups is 2. The first-order valence-corrected chi connectivity index (χ1v) is 12.2. The van der Waals surface area contributed by atoms with Gasteiger partial charge < -0.3 is 19.7 Å². The van der Waals surface area contributed by atoms with Gasteiger partial charge in [-0.25, -0.2) is 8.42 Å². The molecule has 176 valence electrons. The van der Waals surface area contributed by atoms with E-state index in [1.807, 2.05) is 0 Å². The van der Waals surface area contributed by atoms with Gasteiger partial charge in [0.1, 0.15) is 10.6 Å². The summed E-state index contributed by atoms with van der Waals surface area (Å²) in [5.41, 5.74) is 0.937. The number of hydrogen-bond donors (Lipinski definition) is 1. The minimum atomic E-state index is -3.84. The maximum Gasteiger partial charge on any atom is 0.246 e. The van der Waals surface area contributed by atoms with Gasteiger partial charge in [-0.05, 0) is 36.4 Å². The monoisotopic (exact) mass is 493 g/mol. The Kier molecular flexibility index (Phi) is 6.89. The van der Waals surface area contributed by atoms with E-state index in [1.54, 1.807) is 30.3 Å². The zero-order chi connectivity index (χ0) is 23.6. The smallest absolute Gasteiger partial charge is 0.246 e. The standard InChI is InChI=1S/C22H24ClN3O6S/c1-31-19-6-5-17(13-20(19)33(29,30)25-7-9-32-10-8-25)24-22(28)15-11-21(27)26(14-15)18-4-2-3-16(23)12-18/h2-6,12-13,15H,7-11,14H2,1H3,(H,24,28). The van der Waals surface area contributed by atoms with Crippen LogP contribution in [-0.2, 0) is 24.3 Å². The molecule has 0 radical (unpaired) electrons. The topological polar surface area (TPSA) is 105 Å². The van der Waals surface area contributed by atoms with Crippen molar-refractivity contribution in [1.82, 2.24) is 4.31 Å². The fraction of sp³-hybridized carbons (Fsp3) is 0.364. The summed E-state index contributed by atoms with van der Waals surface area (Å²) in [6.07, 6.45) is 0.0490. The third kappa shape index (κ3) is 4.98. The van der Waals surface area contributed by atoms with Gasteiger partial charge in [0.25, 0.3) is 0 Å². The maximum absolute atomic E-state index is 13.1. The van der Waals surface area contributed by atoms with Crippen LogP contribution in [0.5, 0.6) is 5.75 Å². The Morgan fingerprint density at radius 1 is 1.18 bits per heavy atom. The molecule has 33 heavy (non-hydrogen) atoms. The predicted molar refractivity (Wildman–Crippen MR) is 123 cm³/mol. The number of sulfonamides is 1. The summed E-state index contributed by atoms with van der Waals surface area (Å²) in [7, 11) is -2.45. The van der Waals surface area contributed by atoms with Crippen molar-refractivity contribution in [3.63, 3.8) is 0 Å². The first kappa shape index (κ1) is 23.5. The van der Waals surface area contributed by atoms with Crippen molar-refractivity contribution < 1.29 is 27.5 Å². The molecule has 2 fully saturated rings. The van der Waals surface area contributed by atoms with E-state index in [-0.39, 0.29) is 48.5 Å². The highest BCUT2D eigenvalue weighted by atomic mass is 35.5. The quantitative estimate of drug-likeness (QED) is 0.662. The summed E-state index contributed by atoms with van der Waals surface area (Å²) < 4.78 is 38.1. The summed E-state index contributed by atoms with van der Waals surface area (Å²) in [5.74, 6) is -0.948. The molecule has 2 aromatic rings. The van der Waals surface area contributed by atoms with Crippen LogP contribution in [0.3, 0.4) is 0 Å². The number of rotatable bonds is 6. The highest BCUT2D eigenvalue weighted by Crippen LogP contribution is 2.32. The van der Waals surface area contributed by atoms with Crippen molar-refractivity contribution in [2.45, 2.75) is 11.3 Å². The molecule has 0 bridgehead atoms. The lowest BCUT2D eigenvalue weighted by atomic mass is 10.1. The first-order valence-electron chi connectivity index (χ1n) is 10.4. The number of morpholine rings is 1. The Balaban J connectivity index is 1.51. The molecule has 11 heteroatoms. The van der Waals surface area contributed by atoms with Gasteiger partial charge in [-0.1, -0.05) is 17.7 Å². The molecule has 2 aliphatic rings. The van der Waals surface area contributed by atoms with Crippen molar-refractivity contribution in [2.24, 2.45) is 5.92 Å². The Morgan fingerprint density at radius 2 is 1.94 bits per heavy atom. The number of anilines is 2. The number of carbonyl (C=O) groups excluding carboxylic acids is 2. The third-order valence-corrected chi connectivity index (χ3v) is 7.79. The predicted octanol–water partition coefficient (Wildman–Crippen LogP) is 2.36. The molecule has 1 N–H and O–H groups in total. The molecular weight excluding hydrogens is 470 g/mol. The van der Waals surface area contributed by atoms with Gasteiger partial charge in [0.15, 0.2) is 0 Å². The van der Waals surface area contributed by atoms with E-state index in [0.29, 0.717) is 29.6 Å². The lowest BCUT2D eigenvalue weighted by Gasteiger charge is -2.27. The lowest BCUT2D eigenvalue weighted by molar-refractivity contribution is -0.122. The molecule has 0 aliphatic carbocycles. The second kappa shape index (κ2) is 9.68. The Hall–Kier alpha value is -2.66. The van der Waals surface area contributed by atoms with Crippen molar-refractivity contribution in [3.05, 3.63) is 47.5 Å². The van der Waals surface area contributed by atoms with Gasteiger partial charge in [-0.3, -0.25) is 9.59 Å². The maximum atomic E-state index is 13.1. The Labute approximate surface area is 197 Å². The molecule has 2 aliphatic heterocycles. The number of nitrogens with one attached hydrogen (secondary N) is 1. The number of amides is 2. The third-order valence-electron chi connectivity index (χ3n) is 5.63. The number of halogens is 1. The molecule has 0 spiro atoms. The van der Waals surface area contributed by atoms with Crippen LogP contribution in [0.1, 0.15) is 6.42 Å². The number of ether oxygens (including phenoxy) is 2. The van der Waals surface area contributed by atoms with Crippen molar-refractivity contribution in [3.8, 4) is 5.75 Å². The minimum absolute atomic E-state index is 0.0345. The summed E-state index contributed by atoms with van der Waals surface area (Å²) in [6.45, 7) is 1.32. The number of hydrogen-bond acceptors (Lipinski definition) is 6. The van der Waals surface area contributed by atoms with Gasteiger partial charge in [0.05, 0.1) is 26.2 Å².